The molecule has 3 heterocycles. The standard InChI is InChI=1S/C22H21N5/c1-15-20(17-6-3-2-4-7-17)22-25-19-9-5-8-18(19)21(27(22)26-15)24-14-16-10-12-23-13-11-16/h2-4,6-7,10-13,24H,5,8-9,14H2,1H3. The molecule has 0 radical (unpaired) electrons. The predicted molar refractivity (Wildman–Crippen MR) is 107 cm³/mol. The predicted octanol–water partition coefficient (Wildman–Crippen LogP) is 4.20. The molecule has 0 unspecified atom stereocenters. The number of hydrogen-bond donors (Lipinski definition) is 1. The van der Waals surface area contributed by atoms with E-state index >= 15 is 0 Å². The molecule has 0 saturated heterocycles. The lowest BCUT2D eigenvalue weighted by molar-refractivity contribution is 0.886. The average Bonchev–Trinajstić information content (AvgIpc) is 3.30. The molecule has 0 bridgehead atoms. The van der Waals surface area contributed by atoms with Crippen molar-refractivity contribution in [2.75, 3.05) is 5.32 Å². The van der Waals surface area contributed by atoms with Crippen LogP contribution in [0.5, 0.6) is 0 Å². The smallest absolute Gasteiger partial charge is 0.165 e. The van der Waals surface area contributed by atoms with Gasteiger partial charge in [0.25, 0.3) is 0 Å². The zero-order valence-corrected chi connectivity index (χ0v) is 15.3. The highest BCUT2D eigenvalue weighted by Gasteiger charge is 2.23. The first-order chi connectivity index (χ1) is 13.3. The molecule has 0 saturated carbocycles. The fourth-order valence-corrected chi connectivity index (χ4v) is 3.95. The highest BCUT2D eigenvalue weighted by atomic mass is 15.3. The minimum absolute atomic E-state index is 0.744. The normalized spacial score (nSPS) is 13.1. The number of anilines is 1. The minimum Gasteiger partial charge on any atom is -0.366 e. The highest BCUT2D eigenvalue weighted by molar-refractivity contribution is 5.81. The number of nitrogens with zero attached hydrogens (tertiary/aromatic N) is 4. The molecule has 3 aromatic heterocycles. The number of fused-ring (bicyclic) bond motifs is 2. The van der Waals surface area contributed by atoms with Gasteiger partial charge in [0, 0.05) is 35.8 Å². The largest absolute Gasteiger partial charge is 0.366 e. The van der Waals surface area contributed by atoms with Crippen molar-refractivity contribution in [2.45, 2.75) is 32.7 Å². The molecule has 1 N–H and O–H groups in total. The van der Waals surface area contributed by atoms with Crippen molar-refractivity contribution >= 4 is 11.5 Å². The summed E-state index contributed by atoms with van der Waals surface area (Å²) in [4.78, 5) is 9.12. The van der Waals surface area contributed by atoms with Crippen molar-refractivity contribution in [3.63, 3.8) is 0 Å². The first-order valence-corrected chi connectivity index (χ1v) is 9.40. The van der Waals surface area contributed by atoms with E-state index in [1.807, 2.05) is 35.1 Å². The van der Waals surface area contributed by atoms with Crippen LogP contribution in [0, 0.1) is 6.92 Å². The van der Waals surface area contributed by atoms with Crippen molar-refractivity contribution in [2.24, 2.45) is 0 Å². The van der Waals surface area contributed by atoms with Crippen LogP contribution in [0.4, 0.5) is 5.82 Å². The fourth-order valence-electron chi connectivity index (χ4n) is 3.95. The molecular weight excluding hydrogens is 334 g/mol. The van der Waals surface area contributed by atoms with Crippen LogP contribution in [0.15, 0.2) is 54.9 Å². The summed E-state index contributed by atoms with van der Waals surface area (Å²) in [6.07, 6.45) is 6.90. The van der Waals surface area contributed by atoms with Gasteiger partial charge < -0.3 is 5.32 Å². The highest BCUT2D eigenvalue weighted by Crippen LogP contribution is 2.34. The minimum atomic E-state index is 0.744. The Balaban J connectivity index is 1.66. The van der Waals surface area contributed by atoms with Gasteiger partial charge in [0.05, 0.1) is 5.69 Å². The molecule has 0 atom stereocenters. The lowest BCUT2D eigenvalue weighted by Gasteiger charge is -2.13. The second kappa shape index (κ2) is 6.50. The van der Waals surface area contributed by atoms with Gasteiger partial charge >= 0.3 is 0 Å². The van der Waals surface area contributed by atoms with Gasteiger partial charge in [-0.15, -0.1) is 0 Å². The molecule has 27 heavy (non-hydrogen) atoms. The maximum atomic E-state index is 5.02. The summed E-state index contributed by atoms with van der Waals surface area (Å²) in [5.74, 6) is 1.08. The Hall–Kier alpha value is -3.21. The van der Waals surface area contributed by atoms with E-state index in [0.717, 1.165) is 54.1 Å². The van der Waals surface area contributed by atoms with E-state index in [0.29, 0.717) is 0 Å². The molecule has 1 aromatic carbocycles. The van der Waals surface area contributed by atoms with E-state index in [9.17, 15) is 0 Å². The Morgan fingerprint density at radius 2 is 1.85 bits per heavy atom. The Kier molecular flexibility index (Phi) is 3.85. The van der Waals surface area contributed by atoms with Crippen molar-refractivity contribution in [1.29, 1.82) is 0 Å². The zero-order valence-electron chi connectivity index (χ0n) is 15.3. The van der Waals surface area contributed by atoms with E-state index < -0.39 is 0 Å². The lowest BCUT2D eigenvalue weighted by Crippen LogP contribution is -2.10. The third-order valence-corrected chi connectivity index (χ3v) is 5.24. The van der Waals surface area contributed by atoms with Gasteiger partial charge in [0.2, 0.25) is 0 Å². The molecule has 134 valence electrons. The Labute approximate surface area is 158 Å². The summed E-state index contributed by atoms with van der Waals surface area (Å²) in [6.45, 7) is 2.81. The van der Waals surface area contributed by atoms with Crippen LogP contribution in [0.1, 0.15) is 28.9 Å². The SMILES string of the molecule is Cc1nn2c(NCc3ccncc3)c3c(nc2c1-c1ccccc1)CCC3. The van der Waals surface area contributed by atoms with Crippen LogP contribution in [0.3, 0.4) is 0 Å². The van der Waals surface area contributed by atoms with Gasteiger partial charge in [-0.1, -0.05) is 30.3 Å². The molecule has 4 aromatic rings. The van der Waals surface area contributed by atoms with Gasteiger partial charge in [0.1, 0.15) is 5.82 Å². The fraction of sp³-hybridized carbons (Fsp3) is 0.227. The van der Waals surface area contributed by atoms with E-state index in [2.05, 4.69) is 41.5 Å². The molecule has 0 aliphatic heterocycles. The van der Waals surface area contributed by atoms with Crippen LogP contribution < -0.4 is 5.32 Å². The molecule has 5 rings (SSSR count). The number of aryl methyl sites for hydroxylation is 2. The van der Waals surface area contributed by atoms with Crippen LogP contribution >= 0.6 is 0 Å². The lowest BCUT2D eigenvalue weighted by atomic mass is 10.1. The number of pyridine rings is 1. The van der Waals surface area contributed by atoms with Crippen molar-refractivity contribution in [3.05, 3.63) is 77.4 Å². The topological polar surface area (TPSA) is 55.1 Å². The summed E-state index contributed by atoms with van der Waals surface area (Å²) in [5.41, 5.74) is 7.94. The third kappa shape index (κ3) is 2.76. The number of nitrogens with one attached hydrogen (secondary N) is 1. The van der Waals surface area contributed by atoms with E-state index in [-0.39, 0.29) is 0 Å². The number of benzene rings is 1. The van der Waals surface area contributed by atoms with Gasteiger partial charge in [-0.2, -0.15) is 9.61 Å². The summed E-state index contributed by atoms with van der Waals surface area (Å²) >= 11 is 0. The average molecular weight is 355 g/mol. The monoisotopic (exact) mass is 355 g/mol. The van der Waals surface area contributed by atoms with Crippen LogP contribution in [-0.2, 0) is 19.4 Å². The second-order valence-corrected chi connectivity index (χ2v) is 7.01. The summed E-state index contributed by atoms with van der Waals surface area (Å²) in [7, 11) is 0. The molecule has 1 aliphatic rings. The third-order valence-electron chi connectivity index (χ3n) is 5.24. The Bertz CT molecular complexity index is 1100. The zero-order chi connectivity index (χ0) is 18.2. The number of rotatable bonds is 4. The summed E-state index contributed by atoms with van der Waals surface area (Å²) in [6, 6.07) is 14.5. The molecule has 5 heteroatoms. The number of hydrogen-bond acceptors (Lipinski definition) is 4. The van der Waals surface area contributed by atoms with Crippen molar-refractivity contribution in [3.8, 4) is 11.1 Å². The maximum absolute atomic E-state index is 5.02. The van der Waals surface area contributed by atoms with Gasteiger partial charge in [-0.25, -0.2) is 4.98 Å². The van der Waals surface area contributed by atoms with Crippen LogP contribution in [0.25, 0.3) is 16.8 Å². The van der Waals surface area contributed by atoms with E-state index in [4.69, 9.17) is 10.1 Å². The van der Waals surface area contributed by atoms with Crippen LogP contribution in [-0.4, -0.2) is 19.6 Å². The molecule has 1 aliphatic carbocycles. The Morgan fingerprint density at radius 3 is 2.67 bits per heavy atom. The molecule has 0 amide bonds. The maximum Gasteiger partial charge on any atom is 0.165 e. The number of aromatic nitrogens is 4. The van der Waals surface area contributed by atoms with Gasteiger partial charge in [-0.3, -0.25) is 4.98 Å². The first kappa shape index (κ1) is 16.0. The molecule has 5 nitrogen and oxygen atoms in total. The summed E-state index contributed by atoms with van der Waals surface area (Å²) in [5, 5.41) is 8.49. The second-order valence-electron chi connectivity index (χ2n) is 7.01. The van der Waals surface area contributed by atoms with E-state index in [1.54, 1.807) is 0 Å². The van der Waals surface area contributed by atoms with Gasteiger partial charge in [0.15, 0.2) is 5.65 Å². The summed E-state index contributed by atoms with van der Waals surface area (Å²) < 4.78 is 2.00. The van der Waals surface area contributed by atoms with Crippen molar-refractivity contribution in [1.82, 2.24) is 19.6 Å². The van der Waals surface area contributed by atoms with Crippen LogP contribution in [0.2, 0.25) is 0 Å². The first-order valence-electron chi connectivity index (χ1n) is 9.40. The molecular formula is C22H21N5. The van der Waals surface area contributed by atoms with Crippen molar-refractivity contribution < 1.29 is 0 Å². The van der Waals surface area contributed by atoms with E-state index in [1.165, 1.54) is 16.8 Å². The Morgan fingerprint density at radius 1 is 1.04 bits per heavy atom. The van der Waals surface area contributed by atoms with Gasteiger partial charge in [-0.05, 0) is 49.4 Å². The molecule has 0 spiro atoms. The quantitative estimate of drug-likeness (QED) is 0.596. The molecule has 0 fully saturated rings.